The number of carbonyl (C=O) groups is 2. The minimum atomic E-state index is -0.299. The summed E-state index contributed by atoms with van der Waals surface area (Å²) in [6.45, 7) is 3.93. The SMILES string of the molecule is CC(=O)N1CCC(Cc2cccc(N3CC4(CCCCC4)OC3=O)n2)CC1. The van der Waals surface area contributed by atoms with Crippen LogP contribution in [0.4, 0.5) is 10.6 Å². The Morgan fingerprint density at radius 3 is 2.67 bits per heavy atom. The van der Waals surface area contributed by atoms with Crippen LogP contribution in [0.3, 0.4) is 0 Å². The van der Waals surface area contributed by atoms with Crippen LogP contribution in [-0.2, 0) is 16.0 Å². The van der Waals surface area contributed by atoms with Gasteiger partial charge >= 0.3 is 6.09 Å². The molecular formula is C21H29N3O3. The lowest BCUT2D eigenvalue weighted by Crippen LogP contribution is -2.37. The van der Waals surface area contributed by atoms with Gasteiger partial charge in [0.2, 0.25) is 5.91 Å². The highest BCUT2D eigenvalue weighted by Crippen LogP contribution is 2.38. The first-order valence-corrected chi connectivity index (χ1v) is 10.3. The number of ether oxygens (including phenoxy) is 1. The topological polar surface area (TPSA) is 62.7 Å². The number of pyridine rings is 1. The van der Waals surface area contributed by atoms with Gasteiger partial charge in [0.15, 0.2) is 0 Å². The van der Waals surface area contributed by atoms with Crippen molar-refractivity contribution in [2.75, 3.05) is 24.5 Å². The smallest absolute Gasteiger partial charge is 0.416 e. The van der Waals surface area contributed by atoms with E-state index in [1.54, 1.807) is 11.8 Å². The molecule has 0 aromatic carbocycles. The zero-order valence-electron chi connectivity index (χ0n) is 16.2. The van der Waals surface area contributed by atoms with Crippen molar-refractivity contribution in [2.45, 2.75) is 63.9 Å². The maximum atomic E-state index is 12.5. The molecule has 2 aliphatic heterocycles. The van der Waals surface area contributed by atoms with E-state index in [1.165, 1.54) is 6.42 Å². The summed E-state index contributed by atoms with van der Waals surface area (Å²) in [5.41, 5.74) is 0.721. The fourth-order valence-corrected chi connectivity index (χ4v) is 4.73. The molecule has 3 aliphatic rings. The van der Waals surface area contributed by atoms with Crippen molar-refractivity contribution in [3.8, 4) is 0 Å². The molecule has 6 heteroatoms. The zero-order chi connectivity index (χ0) is 18.9. The maximum absolute atomic E-state index is 12.5. The van der Waals surface area contributed by atoms with E-state index < -0.39 is 0 Å². The molecule has 0 bridgehead atoms. The lowest BCUT2D eigenvalue weighted by atomic mass is 9.85. The first-order valence-electron chi connectivity index (χ1n) is 10.3. The Hall–Kier alpha value is -2.11. The number of hydrogen-bond acceptors (Lipinski definition) is 4. The van der Waals surface area contributed by atoms with Gasteiger partial charge in [0.1, 0.15) is 11.4 Å². The normalized spacial score (nSPS) is 22.9. The number of hydrogen-bond donors (Lipinski definition) is 0. The van der Waals surface area contributed by atoms with E-state index in [2.05, 4.69) is 0 Å². The van der Waals surface area contributed by atoms with Crippen molar-refractivity contribution >= 4 is 17.8 Å². The zero-order valence-corrected chi connectivity index (χ0v) is 16.2. The van der Waals surface area contributed by atoms with Crippen molar-refractivity contribution in [3.63, 3.8) is 0 Å². The molecule has 0 radical (unpaired) electrons. The van der Waals surface area contributed by atoms with Gasteiger partial charge in [-0.25, -0.2) is 9.78 Å². The summed E-state index contributed by atoms with van der Waals surface area (Å²) in [5.74, 6) is 1.41. The Labute approximate surface area is 160 Å². The highest BCUT2D eigenvalue weighted by molar-refractivity contribution is 5.89. The quantitative estimate of drug-likeness (QED) is 0.815. The van der Waals surface area contributed by atoms with Crippen LogP contribution in [0.5, 0.6) is 0 Å². The van der Waals surface area contributed by atoms with E-state index in [0.29, 0.717) is 18.3 Å². The van der Waals surface area contributed by atoms with Crippen molar-refractivity contribution < 1.29 is 14.3 Å². The predicted octanol–water partition coefficient (Wildman–Crippen LogP) is 3.54. The first kappa shape index (κ1) is 18.3. The number of anilines is 1. The molecule has 1 spiro atoms. The fourth-order valence-electron chi connectivity index (χ4n) is 4.73. The van der Waals surface area contributed by atoms with Crippen LogP contribution >= 0.6 is 0 Å². The number of amides is 2. The Morgan fingerprint density at radius 2 is 1.96 bits per heavy atom. The summed E-state index contributed by atoms with van der Waals surface area (Å²) < 4.78 is 5.79. The second-order valence-electron chi connectivity index (χ2n) is 8.34. The van der Waals surface area contributed by atoms with Crippen molar-refractivity contribution in [1.82, 2.24) is 9.88 Å². The van der Waals surface area contributed by atoms with Crippen molar-refractivity contribution in [1.29, 1.82) is 0 Å². The van der Waals surface area contributed by atoms with E-state index in [4.69, 9.17) is 9.72 Å². The molecule has 1 saturated carbocycles. The minimum absolute atomic E-state index is 0.165. The van der Waals surface area contributed by atoms with E-state index in [0.717, 1.165) is 63.7 Å². The average Bonchev–Trinajstić information content (AvgIpc) is 2.98. The summed E-state index contributed by atoms with van der Waals surface area (Å²) in [6, 6.07) is 5.94. The third-order valence-electron chi connectivity index (χ3n) is 6.36. The molecule has 1 aromatic heterocycles. The highest BCUT2D eigenvalue weighted by atomic mass is 16.6. The summed E-state index contributed by atoms with van der Waals surface area (Å²) in [7, 11) is 0. The molecule has 4 rings (SSSR count). The Bertz CT molecular complexity index is 706. The highest BCUT2D eigenvalue weighted by Gasteiger charge is 2.46. The molecule has 2 saturated heterocycles. The van der Waals surface area contributed by atoms with Gasteiger partial charge in [0.25, 0.3) is 0 Å². The van der Waals surface area contributed by atoms with Crippen molar-refractivity contribution in [3.05, 3.63) is 23.9 Å². The third kappa shape index (κ3) is 3.94. The summed E-state index contributed by atoms with van der Waals surface area (Å²) in [4.78, 5) is 32.4. The molecule has 6 nitrogen and oxygen atoms in total. The van der Waals surface area contributed by atoms with Gasteiger partial charge in [0, 0.05) is 25.7 Å². The molecular weight excluding hydrogens is 342 g/mol. The van der Waals surface area contributed by atoms with Gasteiger partial charge in [-0.15, -0.1) is 0 Å². The number of aromatic nitrogens is 1. The van der Waals surface area contributed by atoms with Crippen LogP contribution in [-0.4, -0.2) is 47.1 Å². The Kier molecular flexibility index (Phi) is 5.06. The van der Waals surface area contributed by atoms with Crippen LogP contribution < -0.4 is 4.90 Å². The van der Waals surface area contributed by atoms with E-state index in [1.807, 2.05) is 23.1 Å². The van der Waals surface area contributed by atoms with E-state index in [-0.39, 0.29) is 17.6 Å². The second kappa shape index (κ2) is 7.49. The van der Waals surface area contributed by atoms with Crippen LogP contribution in [0.25, 0.3) is 0 Å². The molecule has 3 fully saturated rings. The van der Waals surface area contributed by atoms with Gasteiger partial charge in [-0.3, -0.25) is 9.69 Å². The van der Waals surface area contributed by atoms with Gasteiger partial charge in [0.05, 0.1) is 6.54 Å². The summed E-state index contributed by atoms with van der Waals surface area (Å²) in [5, 5.41) is 0. The second-order valence-corrected chi connectivity index (χ2v) is 8.34. The molecule has 0 atom stereocenters. The fraction of sp³-hybridized carbons (Fsp3) is 0.667. The molecule has 0 N–H and O–H groups in total. The largest absolute Gasteiger partial charge is 0.441 e. The molecule has 1 aromatic rings. The first-order chi connectivity index (χ1) is 13.0. The summed E-state index contributed by atoms with van der Waals surface area (Å²) in [6.07, 6.45) is 8.09. The standard InChI is InChI=1S/C21H29N3O3/c1-16(25)23-12-8-17(9-13-23)14-18-6-5-7-19(22-18)24-15-21(27-20(24)26)10-3-2-4-11-21/h5-7,17H,2-4,8-15H2,1H3. The third-order valence-corrected chi connectivity index (χ3v) is 6.36. The van der Waals surface area contributed by atoms with Gasteiger partial charge in [-0.2, -0.15) is 0 Å². The lowest BCUT2D eigenvalue weighted by molar-refractivity contribution is -0.130. The van der Waals surface area contributed by atoms with Crippen molar-refractivity contribution in [2.24, 2.45) is 5.92 Å². The predicted molar refractivity (Wildman–Crippen MR) is 103 cm³/mol. The maximum Gasteiger partial charge on any atom is 0.416 e. The van der Waals surface area contributed by atoms with Crippen LogP contribution in [0.2, 0.25) is 0 Å². The van der Waals surface area contributed by atoms with Crippen LogP contribution in [0.15, 0.2) is 18.2 Å². The van der Waals surface area contributed by atoms with Crippen LogP contribution in [0, 0.1) is 5.92 Å². The Balaban J connectivity index is 1.41. The molecule has 3 heterocycles. The molecule has 0 unspecified atom stereocenters. The van der Waals surface area contributed by atoms with Crippen LogP contribution in [0.1, 0.15) is 57.6 Å². The number of nitrogens with zero attached hydrogens (tertiary/aromatic N) is 3. The van der Waals surface area contributed by atoms with E-state index in [9.17, 15) is 9.59 Å². The monoisotopic (exact) mass is 371 g/mol. The molecule has 146 valence electrons. The van der Waals surface area contributed by atoms with Gasteiger partial charge in [-0.1, -0.05) is 12.5 Å². The Morgan fingerprint density at radius 1 is 1.22 bits per heavy atom. The number of rotatable bonds is 3. The van der Waals surface area contributed by atoms with Gasteiger partial charge in [-0.05, 0) is 63.0 Å². The average molecular weight is 371 g/mol. The number of likely N-dealkylation sites (tertiary alicyclic amines) is 1. The summed E-state index contributed by atoms with van der Waals surface area (Å²) >= 11 is 0. The van der Waals surface area contributed by atoms with E-state index >= 15 is 0 Å². The minimum Gasteiger partial charge on any atom is -0.441 e. The number of carbonyl (C=O) groups excluding carboxylic acids is 2. The lowest BCUT2D eigenvalue weighted by Gasteiger charge is -2.31. The molecule has 2 amide bonds. The molecule has 27 heavy (non-hydrogen) atoms. The molecule has 1 aliphatic carbocycles. The van der Waals surface area contributed by atoms with Gasteiger partial charge < -0.3 is 9.64 Å². The number of piperidine rings is 1.